The van der Waals surface area contributed by atoms with Crippen LogP contribution in [0.3, 0.4) is 0 Å². The van der Waals surface area contributed by atoms with Crippen molar-refractivity contribution in [1.29, 1.82) is 0 Å². The van der Waals surface area contributed by atoms with Crippen LogP contribution in [0.5, 0.6) is 0 Å². The number of carboxylic acid groups (broad SMARTS) is 1. The summed E-state index contributed by atoms with van der Waals surface area (Å²) in [6, 6.07) is 12.2. The second kappa shape index (κ2) is 14.6. The zero-order valence-electron chi connectivity index (χ0n) is 28.7. The number of nitrogens with one attached hydrogen (secondary N) is 1. The molecule has 1 unspecified atom stereocenters. The summed E-state index contributed by atoms with van der Waals surface area (Å²) in [7, 11) is 1.50. The van der Waals surface area contributed by atoms with E-state index in [2.05, 4.69) is 15.3 Å². The number of hydrogen-bond acceptors (Lipinski definition) is 7. The Hall–Kier alpha value is -4.49. The Labute approximate surface area is 283 Å². The number of alkyl carbamates (subject to hydrolysis) is 1. The van der Waals surface area contributed by atoms with Crippen LogP contribution < -0.4 is 5.32 Å². The highest BCUT2D eigenvalue weighted by Gasteiger charge is 2.34. The fourth-order valence-corrected chi connectivity index (χ4v) is 5.61. The third-order valence-corrected chi connectivity index (χ3v) is 7.93. The van der Waals surface area contributed by atoms with E-state index in [9.17, 15) is 33.0 Å². The quantitative estimate of drug-likeness (QED) is 0.144. The van der Waals surface area contributed by atoms with Gasteiger partial charge in [0.1, 0.15) is 18.2 Å². The van der Waals surface area contributed by atoms with Crippen molar-refractivity contribution in [2.24, 2.45) is 5.41 Å². The van der Waals surface area contributed by atoms with E-state index >= 15 is 0 Å². The largest absolute Gasteiger partial charge is 0.480 e. The number of aromatic nitrogens is 3. The van der Waals surface area contributed by atoms with Crippen molar-refractivity contribution in [3.05, 3.63) is 71.7 Å². The molecule has 1 aromatic carbocycles. The number of alkyl halides is 3. The molecular weight excluding hydrogens is 641 g/mol. The summed E-state index contributed by atoms with van der Waals surface area (Å²) in [5.74, 6) is -1.27. The van der Waals surface area contributed by atoms with Gasteiger partial charge in [0.25, 0.3) is 0 Å². The number of aliphatic hydroxyl groups excluding tert-OH is 1. The van der Waals surface area contributed by atoms with Crippen molar-refractivity contribution in [2.45, 2.75) is 84.9 Å². The highest BCUT2D eigenvalue weighted by Crippen LogP contribution is 2.42. The van der Waals surface area contributed by atoms with Crippen molar-refractivity contribution >= 4 is 23.0 Å². The lowest BCUT2D eigenvalue weighted by Gasteiger charge is -2.24. The van der Waals surface area contributed by atoms with E-state index in [0.29, 0.717) is 50.4 Å². The normalized spacial score (nSPS) is 13.7. The number of fused-ring (bicyclic) bond motifs is 1. The number of aliphatic hydroxyl groups is 1. The van der Waals surface area contributed by atoms with E-state index < -0.39 is 47.9 Å². The van der Waals surface area contributed by atoms with E-state index in [1.54, 1.807) is 82.4 Å². The summed E-state index contributed by atoms with van der Waals surface area (Å²) in [5, 5.41) is 22.9. The van der Waals surface area contributed by atoms with Gasteiger partial charge in [-0.2, -0.15) is 13.2 Å². The number of carbonyl (C=O) groups excluding carboxylic acids is 1. The Morgan fingerprint density at radius 3 is 2.37 bits per heavy atom. The molecule has 0 bridgehead atoms. The first-order valence-corrected chi connectivity index (χ1v) is 15.8. The van der Waals surface area contributed by atoms with Gasteiger partial charge in [-0.3, -0.25) is 9.97 Å². The van der Waals surface area contributed by atoms with Crippen LogP contribution in [0.15, 0.2) is 54.7 Å². The van der Waals surface area contributed by atoms with Crippen molar-refractivity contribution in [3.63, 3.8) is 0 Å². The van der Waals surface area contributed by atoms with Gasteiger partial charge >= 0.3 is 18.2 Å². The van der Waals surface area contributed by atoms with Crippen LogP contribution >= 0.6 is 0 Å². The lowest BCUT2D eigenvalue weighted by atomic mass is 9.84. The van der Waals surface area contributed by atoms with Gasteiger partial charge in [-0.1, -0.05) is 26.0 Å². The monoisotopic (exact) mass is 684 g/mol. The summed E-state index contributed by atoms with van der Waals surface area (Å²) in [4.78, 5) is 33.5. The van der Waals surface area contributed by atoms with Crippen molar-refractivity contribution in [2.75, 3.05) is 13.7 Å². The molecule has 0 saturated heterocycles. The van der Waals surface area contributed by atoms with E-state index in [1.165, 1.54) is 11.7 Å². The highest BCUT2D eigenvalue weighted by molar-refractivity contribution is 5.95. The third kappa shape index (κ3) is 9.36. The first-order chi connectivity index (χ1) is 22.8. The minimum Gasteiger partial charge on any atom is -0.480 e. The fourth-order valence-electron chi connectivity index (χ4n) is 5.61. The van der Waals surface area contributed by atoms with Crippen LogP contribution in [-0.4, -0.2) is 68.3 Å². The predicted molar refractivity (Wildman–Crippen MR) is 179 cm³/mol. The van der Waals surface area contributed by atoms with Gasteiger partial charge in [-0.15, -0.1) is 0 Å². The van der Waals surface area contributed by atoms with Crippen LogP contribution in [0, 0.1) is 5.41 Å². The number of methoxy groups -OCH3 is 1. The van der Waals surface area contributed by atoms with Gasteiger partial charge in [0, 0.05) is 54.1 Å². The minimum absolute atomic E-state index is 0.145. The van der Waals surface area contributed by atoms with Gasteiger partial charge in [-0.05, 0) is 81.5 Å². The number of carbonyl (C=O) groups is 2. The van der Waals surface area contributed by atoms with Crippen LogP contribution in [0.1, 0.15) is 64.6 Å². The topological polar surface area (TPSA) is 136 Å². The Bertz CT molecular complexity index is 1810. The fraction of sp³-hybridized carbons (Fsp3) is 0.444. The molecule has 0 saturated carbocycles. The number of pyridine rings is 2. The Balaban J connectivity index is 1.89. The molecule has 1 amide bonds. The summed E-state index contributed by atoms with van der Waals surface area (Å²) >= 11 is 0. The molecule has 3 aromatic heterocycles. The molecule has 0 aliphatic carbocycles. The summed E-state index contributed by atoms with van der Waals surface area (Å²) in [6.45, 7) is 8.97. The zero-order chi connectivity index (χ0) is 36.3. The SMILES string of the molecule is CO[C@@H](C)c1ncccc1-c1c(CC(C)(C)CO)c2cc(-c3cccc(CC(NC(=O)OC(C)(C)C)C(=O)O)n3)ccc2n1CC(F)(F)F. The second-order valence-corrected chi connectivity index (χ2v) is 13.8. The molecule has 0 fully saturated rings. The number of ether oxygens (including phenoxy) is 2. The number of amides is 1. The number of nitrogens with zero attached hydrogens (tertiary/aromatic N) is 3. The molecule has 0 spiro atoms. The van der Waals surface area contributed by atoms with Crippen LogP contribution in [0.2, 0.25) is 0 Å². The zero-order valence-corrected chi connectivity index (χ0v) is 28.7. The van der Waals surface area contributed by atoms with Crippen LogP contribution in [-0.2, 0) is 33.7 Å². The van der Waals surface area contributed by atoms with E-state index in [0.717, 1.165) is 0 Å². The Kier molecular flexibility index (Phi) is 11.1. The molecule has 3 heterocycles. The summed E-state index contributed by atoms with van der Waals surface area (Å²) in [6.07, 6.45) is -4.29. The molecule has 4 aromatic rings. The van der Waals surface area contributed by atoms with Crippen molar-refractivity contribution in [3.8, 4) is 22.5 Å². The number of aliphatic carboxylic acids is 1. The minimum atomic E-state index is -4.55. The molecule has 13 heteroatoms. The van der Waals surface area contributed by atoms with Crippen LogP contribution in [0.4, 0.5) is 18.0 Å². The molecular formula is C36H43F3N4O6. The van der Waals surface area contributed by atoms with Gasteiger partial charge in [0.15, 0.2) is 0 Å². The number of rotatable bonds is 12. The molecule has 0 aliphatic heterocycles. The van der Waals surface area contributed by atoms with Gasteiger partial charge in [0.2, 0.25) is 0 Å². The Morgan fingerprint density at radius 2 is 1.76 bits per heavy atom. The first kappa shape index (κ1) is 37.3. The van der Waals surface area contributed by atoms with Gasteiger partial charge in [0.05, 0.1) is 23.2 Å². The van der Waals surface area contributed by atoms with E-state index in [1.807, 2.05) is 13.8 Å². The standard InChI is InChI=1S/C36H43F3N4O6/c1-21(48-7)30-24(11-9-15-40-30)31-26(18-35(5,6)20-44)25-16-22(13-14-29(25)43(31)19-36(37,38)39)27-12-8-10-23(41-27)17-28(32(45)46)42-33(47)49-34(2,3)4/h8-16,21,28,44H,17-20H2,1-7H3,(H,42,47)(H,45,46)/t21-,28?/m0/s1. The Morgan fingerprint density at radius 1 is 1.04 bits per heavy atom. The van der Waals surface area contributed by atoms with Crippen LogP contribution in [0.25, 0.3) is 33.4 Å². The highest BCUT2D eigenvalue weighted by atomic mass is 19.4. The molecule has 0 radical (unpaired) electrons. The van der Waals surface area contributed by atoms with Crippen molar-refractivity contribution < 1.29 is 42.4 Å². The molecule has 10 nitrogen and oxygen atoms in total. The van der Waals surface area contributed by atoms with Crippen molar-refractivity contribution in [1.82, 2.24) is 19.9 Å². The predicted octanol–water partition coefficient (Wildman–Crippen LogP) is 7.12. The maximum atomic E-state index is 14.2. The average molecular weight is 685 g/mol. The lowest BCUT2D eigenvalue weighted by molar-refractivity contribution is -0.140. The number of halogens is 3. The molecule has 264 valence electrons. The summed E-state index contributed by atoms with van der Waals surface area (Å²) < 4.78 is 54.7. The number of benzene rings is 1. The summed E-state index contributed by atoms with van der Waals surface area (Å²) in [5.41, 5.74) is 2.11. The molecule has 49 heavy (non-hydrogen) atoms. The molecule has 0 aliphatic rings. The molecule has 2 atom stereocenters. The number of carboxylic acids is 1. The maximum Gasteiger partial charge on any atom is 0.408 e. The molecule has 3 N–H and O–H groups in total. The second-order valence-electron chi connectivity index (χ2n) is 13.8. The van der Waals surface area contributed by atoms with Gasteiger partial charge < -0.3 is 29.6 Å². The van der Waals surface area contributed by atoms with Gasteiger partial charge in [-0.25, -0.2) is 9.59 Å². The van der Waals surface area contributed by atoms with E-state index in [-0.39, 0.29) is 19.4 Å². The maximum absolute atomic E-state index is 14.2. The third-order valence-electron chi connectivity index (χ3n) is 7.93. The van der Waals surface area contributed by atoms with E-state index in [4.69, 9.17) is 9.47 Å². The lowest BCUT2D eigenvalue weighted by Crippen LogP contribution is -2.44. The smallest absolute Gasteiger partial charge is 0.408 e. The molecule has 4 rings (SSSR count). The number of hydrogen-bond donors (Lipinski definition) is 3. The first-order valence-electron chi connectivity index (χ1n) is 15.8. The average Bonchev–Trinajstić information content (AvgIpc) is 3.29.